The lowest BCUT2D eigenvalue weighted by atomic mass is 10.2. The van der Waals surface area contributed by atoms with Crippen molar-refractivity contribution in [2.75, 3.05) is 0 Å². The number of aryl methyl sites for hydroxylation is 1. The van der Waals surface area contributed by atoms with Gasteiger partial charge in [0.15, 0.2) is 5.95 Å². The van der Waals surface area contributed by atoms with Crippen LogP contribution in [0.1, 0.15) is 12.5 Å². The molecule has 0 fully saturated rings. The third kappa shape index (κ3) is 5.44. The van der Waals surface area contributed by atoms with Crippen LogP contribution in [-0.4, -0.2) is 18.8 Å². The number of amidine groups is 1. The number of halogens is 2. The normalized spacial score (nSPS) is 13.2. The molecule has 5 nitrogen and oxygen atoms in total. The summed E-state index contributed by atoms with van der Waals surface area (Å²) < 4.78 is 56.7. The Hall–Kier alpha value is -2.06. The van der Waals surface area contributed by atoms with Crippen LogP contribution >= 0.6 is 0 Å². The van der Waals surface area contributed by atoms with Gasteiger partial charge in [-0.15, -0.1) is 0 Å². The molecule has 0 saturated heterocycles. The molecule has 0 aromatic heterocycles. The molecule has 21 heavy (non-hydrogen) atoms. The van der Waals surface area contributed by atoms with Crippen molar-refractivity contribution in [3.63, 3.8) is 0 Å². The maximum absolute atomic E-state index is 12.9. The largest absolute Gasteiger partial charge is 0.317 e. The Balaban J connectivity index is 3.26. The number of aliphatic imine (C=N–C) groups is 1. The summed E-state index contributed by atoms with van der Waals surface area (Å²) in [5.41, 5.74) is 0.499. The minimum absolute atomic E-state index is 0.137. The number of nitrogens with zero attached hydrogens (tertiary/aromatic N) is 1. The van der Waals surface area contributed by atoms with E-state index in [9.17, 15) is 17.2 Å². The zero-order valence-corrected chi connectivity index (χ0v) is 12.2. The van der Waals surface area contributed by atoms with Crippen molar-refractivity contribution in [2.24, 2.45) is 4.99 Å². The van der Waals surface area contributed by atoms with Crippen molar-refractivity contribution in [3.05, 3.63) is 48.2 Å². The highest BCUT2D eigenvalue weighted by atomic mass is 32.2. The average molecular weight is 316 g/mol. The third-order valence-corrected chi connectivity index (χ3v) is 3.30. The van der Waals surface area contributed by atoms with Gasteiger partial charge in [-0.1, -0.05) is 0 Å². The van der Waals surface area contributed by atoms with E-state index in [0.29, 0.717) is 0 Å². The van der Waals surface area contributed by atoms with Gasteiger partial charge in [-0.2, -0.15) is 12.8 Å². The van der Waals surface area contributed by atoms with Crippen LogP contribution in [0.25, 0.3) is 0 Å². The maximum Gasteiger partial charge on any atom is 0.294 e. The monoisotopic (exact) mass is 316 g/mol. The number of hydrogen-bond donors (Lipinski definition) is 2. The van der Waals surface area contributed by atoms with Crippen LogP contribution in [0.15, 0.2) is 52.5 Å². The highest BCUT2D eigenvalue weighted by Gasteiger charge is 2.13. The Morgan fingerprint density at radius 3 is 2.48 bits per heavy atom. The van der Waals surface area contributed by atoms with E-state index >= 15 is 0 Å². The number of rotatable bonds is 4. The molecule has 0 bridgehead atoms. The maximum atomic E-state index is 12.9. The molecule has 114 valence electrons. The third-order valence-electron chi connectivity index (χ3n) is 2.29. The number of allylic oxidation sites excluding steroid dienone is 1. The van der Waals surface area contributed by atoms with Crippen LogP contribution < -0.4 is 5.32 Å². The first kappa shape index (κ1) is 17.0. The van der Waals surface area contributed by atoms with E-state index in [-0.39, 0.29) is 22.0 Å². The quantitative estimate of drug-likeness (QED) is 0.387. The Bertz CT molecular complexity index is 721. The van der Waals surface area contributed by atoms with Crippen molar-refractivity contribution < 1.29 is 21.8 Å². The molecule has 0 atom stereocenters. The molecule has 2 N–H and O–H groups in total. The Labute approximate surface area is 121 Å². The minimum atomic E-state index is -4.33. The average Bonchev–Trinajstić information content (AvgIpc) is 2.24. The standard InChI is InChI=1S/C13H14F2N2O3S/c1-8-6-11(4-5-12(8)21(18,19)20)17-13(7-9(2)14)16-10(3)15/h4-7H,3H2,1-2H3,(H,16,17)(H,18,19,20)/b9-7+. The Morgan fingerprint density at radius 2 is 2.05 bits per heavy atom. The van der Waals surface area contributed by atoms with E-state index in [0.717, 1.165) is 19.1 Å². The summed E-state index contributed by atoms with van der Waals surface area (Å²) in [5, 5.41) is 2.13. The highest BCUT2D eigenvalue weighted by molar-refractivity contribution is 7.85. The zero-order chi connectivity index (χ0) is 16.2. The lowest BCUT2D eigenvalue weighted by Crippen LogP contribution is -2.18. The molecule has 0 radical (unpaired) electrons. The second-order valence-electron chi connectivity index (χ2n) is 4.18. The van der Waals surface area contributed by atoms with Gasteiger partial charge in [-0.05, 0) is 44.2 Å². The topological polar surface area (TPSA) is 78.8 Å². The van der Waals surface area contributed by atoms with Crippen LogP contribution in [-0.2, 0) is 10.1 Å². The second-order valence-corrected chi connectivity index (χ2v) is 5.57. The van der Waals surface area contributed by atoms with Gasteiger partial charge in [-0.3, -0.25) is 4.55 Å². The summed E-state index contributed by atoms with van der Waals surface area (Å²) in [6.45, 7) is 5.60. The molecular formula is C13H14F2N2O3S. The van der Waals surface area contributed by atoms with Crippen molar-refractivity contribution in [2.45, 2.75) is 18.7 Å². The van der Waals surface area contributed by atoms with Crippen molar-refractivity contribution >= 4 is 21.6 Å². The molecule has 0 spiro atoms. The molecule has 1 aromatic carbocycles. The number of benzene rings is 1. The molecule has 0 heterocycles. The van der Waals surface area contributed by atoms with E-state index in [1.165, 1.54) is 19.1 Å². The number of nitrogens with one attached hydrogen (secondary N) is 1. The molecule has 0 aliphatic rings. The lowest BCUT2D eigenvalue weighted by molar-refractivity contribution is 0.482. The zero-order valence-electron chi connectivity index (χ0n) is 11.4. The van der Waals surface area contributed by atoms with Crippen molar-refractivity contribution in [3.8, 4) is 0 Å². The molecule has 0 saturated carbocycles. The van der Waals surface area contributed by atoms with Crippen LogP contribution in [0.5, 0.6) is 0 Å². The molecule has 0 aliphatic heterocycles. The highest BCUT2D eigenvalue weighted by Crippen LogP contribution is 2.21. The van der Waals surface area contributed by atoms with Crippen molar-refractivity contribution in [1.29, 1.82) is 0 Å². The van der Waals surface area contributed by atoms with Crippen LogP contribution in [0, 0.1) is 6.92 Å². The van der Waals surface area contributed by atoms with Crippen molar-refractivity contribution in [1.82, 2.24) is 5.32 Å². The van der Waals surface area contributed by atoms with Gasteiger partial charge in [0, 0.05) is 6.08 Å². The molecule has 1 rings (SSSR count). The van der Waals surface area contributed by atoms with Crippen LogP contribution in [0.2, 0.25) is 0 Å². The minimum Gasteiger partial charge on any atom is -0.317 e. The van der Waals surface area contributed by atoms with Crippen LogP contribution in [0.4, 0.5) is 14.5 Å². The first-order chi connectivity index (χ1) is 9.59. The van der Waals surface area contributed by atoms with Gasteiger partial charge in [0.05, 0.1) is 10.6 Å². The first-order valence-electron chi connectivity index (χ1n) is 5.71. The predicted octanol–water partition coefficient (Wildman–Crippen LogP) is 3.18. The molecule has 1 aromatic rings. The number of hydrogen-bond acceptors (Lipinski definition) is 3. The molecule has 0 aliphatic carbocycles. The lowest BCUT2D eigenvalue weighted by Gasteiger charge is -2.06. The van der Waals surface area contributed by atoms with Gasteiger partial charge in [0.1, 0.15) is 11.7 Å². The fourth-order valence-electron chi connectivity index (χ4n) is 1.56. The molecular weight excluding hydrogens is 302 g/mol. The Morgan fingerprint density at radius 1 is 1.43 bits per heavy atom. The van der Waals surface area contributed by atoms with E-state index in [1.807, 2.05) is 0 Å². The molecule has 0 amide bonds. The fourth-order valence-corrected chi connectivity index (χ4v) is 2.26. The van der Waals surface area contributed by atoms with Gasteiger partial charge < -0.3 is 5.32 Å². The first-order valence-corrected chi connectivity index (χ1v) is 7.15. The van der Waals surface area contributed by atoms with E-state index in [1.54, 1.807) is 0 Å². The predicted molar refractivity (Wildman–Crippen MR) is 76.3 cm³/mol. The molecule has 0 unspecified atom stereocenters. The smallest absolute Gasteiger partial charge is 0.294 e. The summed E-state index contributed by atoms with van der Waals surface area (Å²) in [5.74, 6) is -1.66. The van der Waals surface area contributed by atoms with Crippen LogP contribution in [0.3, 0.4) is 0 Å². The summed E-state index contributed by atoms with van der Waals surface area (Å²) >= 11 is 0. The van der Waals surface area contributed by atoms with Gasteiger partial charge >= 0.3 is 0 Å². The Kier molecular flexibility index (Phi) is 5.34. The van der Waals surface area contributed by atoms with Gasteiger partial charge in [0.25, 0.3) is 10.1 Å². The second kappa shape index (κ2) is 6.59. The summed E-state index contributed by atoms with van der Waals surface area (Å²) in [7, 11) is -4.33. The van der Waals surface area contributed by atoms with Gasteiger partial charge in [-0.25, -0.2) is 9.38 Å². The summed E-state index contributed by atoms with van der Waals surface area (Å²) in [6, 6.07) is 3.80. The summed E-state index contributed by atoms with van der Waals surface area (Å²) in [4.78, 5) is 3.67. The molecule has 8 heteroatoms. The van der Waals surface area contributed by atoms with E-state index < -0.39 is 21.9 Å². The van der Waals surface area contributed by atoms with Gasteiger partial charge in [0.2, 0.25) is 0 Å². The summed E-state index contributed by atoms with van der Waals surface area (Å²) in [6.07, 6.45) is 0.955. The van der Waals surface area contributed by atoms with E-state index in [2.05, 4.69) is 16.9 Å². The SMILES string of the molecule is C=C(F)NC(/C=C(\C)F)=Nc1ccc(S(=O)(=O)O)c(C)c1. The van der Waals surface area contributed by atoms with E-state index in [4.69, 9.17) is 4.55 Å². The fraction of sp³-hybridized carbons (Fsp3) is 0.154.